The number of piperidine rings is 1. The average molecular weight is 425 g/mol. The summed E-state index contributed by atoms with van der Waals surface area (Å²) < 4.78 is 32.2. The normalized spacial score (nSPS) is 20.0. The average Bonchev–Trinajstić information content (AvgIpc) is 2.66. The van der Waals surface area contributed by atoms with E-state index in [-0.39, 0.29) is 23.0 Å². The van der Waals surface area contributed by atoms with Gasteiger partial charge in [-0.25, -0.2) is 13.2 Å². The van der Waals surface area contributed by atoms with Crippen LogP contribution in [0.2, 0.25) is 0 Å². The van der Waals surface area contributed by atoms with Gasteiger partial charge in [-0.3, -0.25) is 4.79 Å². The van der Waals surface area contributed by atoms with Crippen molar-refractivity contribution in [3.05, 3.63) is 29.3 Å². The molecule has 0 saturated carbocycles. The number of sulfonamides is 1. The Morgan fingerprint density at radius 1 is 1.14 bits per heavy atom. The summed E-state index contributed by atoms with van der Waals surface area (Å²) in [4.78, 5) is 26.7. The van der Waals surface area contributed by atoms with Crippen molar-refractivity contribution in [2.45, 2.75) is 45.9 Å². The molecule has 8 heteroatoms. The van der Waals surface area contributed by atoms with Gasteiger partial charge in [0.05, 0.1) is 10.5 Å². The second-order valence-corrected chi connectivity index (χ2v) is 9.80. The molecule has 2 atom stereocenters. The van der Waals surface area contributed by atoms with Crippen LogP contribution in [0.15, 0.2) is 23.1 Å². The number of benzene rings is 1. The molecule has 0 bridgehead atoms. The first-order valence-corrected chi connectivity index (χ1v) is 11.6. The smallest absolute Gasteiger partial charge is 0.338 e. The molecule has 1 heterocycles. The molecule has 0 spiro atoms. The van der Waals surface area contributed by atoms with E-state index in [1.165, 1.54) is 16.4 Å². The van der Waals surface area contributed by atoms with E-state index in [1.807, 2.05) is 0 Å². The molecule has 1 aliphatic rings. The van der Waals surface area contributed by atoms with Gasteiger partial charge in [0, 0.05) is 26.2 Å². The van der Waals surface area contributed by atoms with Crippen molar-refractivity contribution in [1.82, 2.24) is 9.21 Å². The van der Waals surface area contributed by atoms with Crippen LogP contribution in [-0.4, -0.2) is 62.3 Å². The molecular formula is C21H32N2O5S. The molecule has 0 aliphatic carbocycles. The van der Waals surface area contributed by atoms with Crippen LogP contribution in [0.5, 0.6) is 0 Å². The van der Waals surface area contributed by atoms with Gasteiger partial charge in [0.15, 0.2) is 6.61 Å². The molecule has 0 aromatic heterocycles. The number of ether oxygens (including phenoxy) is 1. The second kappa shape index (κ2) is 9.71. The molecule has 29 heavy (non-hydrogen) atoms. The van der Waals surface area contributed by atoms with Crippen molar-refractivity contribution in [3.8, 4) is 0 Å². The van der Waals surface area contributed by atoms with Gasteiger partial charge in [-0.2, -0.15) is 4.31 Å². The summed E-state index contributed by atoms with van der Waals surface area (Å²) in [5, 5.41) is 0. The molecule has 1 aromatic rings. The minimum absolute atomic E-state index is 0.0839. The van der Waals surface area contributed by atoms with Crippen molar-refractivity contribution in [2.24, 2.45) is 11.8 Å². The van der Waals surface area contributed by atoms with Crippen molar-refractivity contribution < 1.29 is 22.7 Å². The van der Waals surface area contributed by atoms with Gasteiger partial charge in [0.25, 0.3) is 5.91 Å². The minimum Gasteiger partial charge on any atom is -0.452 e. The molecule has 1 aliphatic heterocycles. The monoisotopic (exact) mass is 424 g/mol. The van der Waals surface area contributed by atoms with Gasteiger partial charge in [-0.05, 0) is 42.9 Å². The summed E-state index contributed by atoms with van der Waals surface area (Å²) in [6.45, 7) is 11.1. The molecule has 7 nitrogen and oxygen atoms in total. The molecule has 0 unspecified atom stereocenters. The number of carbonyl (C=O) groups is 2. The number of esters is 1. The van der Waals surface area contributed by atoms with Crippen molar-refractivity contribution in [3.63, 3.8) is 0 Å². The fourth-order valence-corrected chi connectivity index (χ4v) is 5.58. The predicted molar refractivity (Wildman–Crippen MR) is 111 cm³/mol. The summed E-state index contributed by atoms with van der Waals surface area (Å²) in [5.41, 5.74) is 0.676. The first-order valence-electron chi connectivity index (χ1n) is 10.2. The Morgan fingerprint density at radius 2 is 1.72 bits per heavy atom. The van der Waals surface area contributed by atoms with Gasteiger partial charge in [0.2, 0.25) is 10.0 Å². The lowest BCUT2D eigenvalue weighted by Gasteiger charge is -2.34. The highest BCUT2D eigenvalue weighted by Gasteiger charge is 2.27. The van der Waals surface area contributed by atoms with E-state index in [1.54, 1.807) is 31.7 Å². The zero-order valence-electron chi connectivity index (χ0n) is 18.0. The maximum Gasteiger partial charge on any atom is 0.338 e. The van der Waals surface area contributed by atoms with E-state index >= 15 is 0 Å². The Balaban J connectivity index is 2.11. The van der Waals surface area contributed by atoms with Crippen LogP contribution >= 0.6 is 0 Å². The molecular weight excluding hydrogens is 392 g/mol. The first kappa shape index (κ1) is 23.3. The van der Waals surface area contributed by atoms with Gasteiger partial charge in [-0.15, -0.1) is 0 Å². The fraction of sp³-hybridized carbons (Fsp3) is 0.619. The summed E-state index contributed by atoms with van der Waals surface area (Å²) in [6.07, 6.45) is 1.08. The number of aryl methyl sites for hydroxylation is 1. The Kier molecular flexibility index (Phi) is 7.82. The third-order valence-electron chi connectivity index (χ3n) is 5.30. The summed E-state index contributed by atoms with van der Waals surface area (Å²) >= 11 is 0. The van der Waals surface area contributed by atoms with Gasteiger partial charge in [-0.1, -0.05) is 33.8 Å². The molecule has 0 radical (unpaired) electrons. The fourth-order valence-electron chi connectivity index (χ4n) is 3.88. The first-order chi connectivity index (χ1) is 13.6. The van der Waals surface area contributed by atoms with Crippen LogP contribution in [0, 0.1) is 18.8 Å². The summed E-state index contributed by atoms with van der Waals surface area (Å²) in [6, 6.07) is 4.44. The molecule has 0 N–H and O–H groups in total. The summed E-state index contributed by atoms with van der Waals surface area (Å²) in [7, 11) is -3.70. The predicted octanol–water partition coefficient (Wildman–Crippen LogP) is 2.69. The zero-order chi connectivity index (χ0) is 21.8. The topological polar surface area (TPSA) is 84.0 Å². The highest BCUT2D eigenvalue weighted by Crippen LogP contribution is 2.23. The van der Waals surface area contributed by atoms with Gasteiger partial charge >= 0.3 is 5.97 Å². The van der Waals surface area contributed by atoms with E-state index < -0.39 is 16.0 Å². The quantitative estimate of drug-likeness (QED) is 0.629. The molecule has 1 saturated heterocycles. The van der Waals surface area contributed by atoms with E-state index in [0.29, 0.717) is 43.6 Å². The van der Waals surface area contributed by atoms with E-state index in [2.05, 4.69) is 13.8 Å². The van der Waals surface area contributed by atoms with E-state index in [4.69, 9.17) is 4.74 Å². The number of likely N-dealkylation sites (tertiary alicyclic amines) is 1. The lowest BCUT2D eigenvalue weighted by atomic mass is 9.92. The number of hydrogen-bond donors (Lipinski definition) is 0. The third kappa shape index (κ3) is 5.57. The van der Waals surface area contributed by atoms with E-state index in [9.17, 15) is 18.0 Å². The second-order valence-electron chi connectivity index (χ2n) is 7.89. The largest absolute Gasteiger partial charge is 0.452 e. The number of rotatable bonds is 7. The molecule has 1 amide bonds. The molecule has 2 rings (SSSR count). The maximum absolute atomic E-state index is 12.8. The third-order valence-corrected chi connectivity index (χ3v) is 7.49. The highest BCUT2D eigenvalue weighted by atomic mass is 32.2. The minimum atomic E-state index is -3.70. The van der Waals surface area contributed by atoms with Crippen molar-refractivity contribution in [2.75, 3.05) is 32.8 Å². The Morgan fingerprint density at radius 3 is 2.28 bits per heavy atom. The van der Waals surface area contributed by atoms with Gasteiger partial charge in [0.1, 0.15) is 0 Å². The lowest BCUT2D eigenvalue weighted by molar-refractivity contribution is -0.137. The SMILES string of the molecule is CCN(CC)S(=O)(=O)c1cc(C(=O)OCC(=O)N2C[C@H](C)C[C@H](C)C2)ccc1C. The van der Waals surface area contributed by atoms with Crippen LogP contribution < -0.4 is 0 Å². The maximum atomic E-state index is 12.8. The van der Waals surface area contributed by atoms with E-state index in [0.717, 1.165) is 6.42 Å². The zero-order valence-corrected chi connectivity index (χ0v) is 18.8. The Bertz CT molecular complexity index is 839. The van der Waals surface area contributed by atoms with Crippen molar-refractivity contribution >= 4 is 21.9 Å². The number of hydrogen-bond acceptors (Lipinski definition) is 5. The van der Waals surface area contributed by atoms with Crippen LogP contribution in [-0.2, 0) is 19.6 Å². The van der Waals surface area contributed by atoms with Crippen LogP contribution in [0.4, 0.5) is 0 Å². The van der Waals surface area contributed by atoms with Crippen molar-refractivity contribution in [1.29, 1.82) is 0 Å². The lowest BCUT2D eigenvalue weighted by Crippen LogP contribution is -2.44. The molecule has 1 fully saturated rings. The van der Waals surface area contributed by atoms with Gasteiger partial charge < -0.3 is 9.64 Å². The van der Waals surface area contributed by atoms with Crippen LogP contribution in [0.25, 0.3) is 0 Å². The molecule has 1 aromatic carbocycles. The van der Waals surface area contributed by atoms with Crippen LogP contribution in [0.1, 0.15) is 50.0 Å². The Hall–Kier alpha value is -1.93. The van der Waals surface area contributed by atoms with Crippen LogP contribution in [0.3, 0.4) is 0 Å². The Labute approximate surface area is 174 Å². The number of nitrogens with zero attached hydrogens (tertiary/aromatic N) is 2. The standard InChI is InChI=1S/C21H32N2O5S/c1-6-23(7-2)29(26,27)19-11-18(9-8-17(19)5)21(25)28-14-20(24)22-12-15(3)10-16(4)13-22/h8-9,11,15-16H,6-7,10,12-14H2,1-5H3/t15-,16+. The number of amides is 1. The summed E-state index contributed by atoms with van der Waals surface area (Å²) in [5.74, 6) is -0.0843. The number of carbonyl (C=O) groups excluding carboxylic acids is 2. The highest BCUT2D eigenvalue weighted by molar-refractivity contribution is 7.89. The molecule has 162 valence electrons.